The Morgan fingerprint density at radius 3 is 2.28 bits per heavy atom. The number of halogens is 1. The van der Waals surface area contributed by atoms with E-state index in [1.54, 1.807) is 6.07 Å². The van der Waals surface area contributed by atoms with Crippen LogP contribution in [0.15, 0.2) is 53.1 Å². The van der Waals surface area contributed by atoms with Crippen LogP contribution in [0.1, 0.15) is 88.1 Å². The zero-order valence-corrected chi connectivity index (χ0v) is 19.5. The minimum Gasteiger partial charge on any atom is -0.334 e. The lowest BCUT2D eigenvalue weighted by Crippen LogP contribution is -1.93. The first-order chi connectivity index (χ1) is 15.8. The van der Waals surface area contributed by atoms with Crippen molar-refractivity contribution in [3.63, 3.8) is 0 Å². The summed E-state index contributed by atoms with van der Waals surface area (Å²) in [7, 11) is 0. The molecule has 4 heteroatoms. The minimum absolute atomic E-state index is 0.119. The summed E-state index contributed by atoms with van der Waals surface area (Å²) in [6.07, 6.45) is 15.2. The van der Waals surface area contributed by atoms with Crippen molar-refractivity contribution in [2.75, 3.05) is 0 Å². The summed E-state index contributed by atoms with van der Waals surface area (Å²) in [6.45, 7) is 2.26. The first kappa shape index (κ1) is 24.2. The summed E-state index contributed by atoms with van der Waals surface area (Å²) in [5.74, 6) is 1.27. The third-order valence-corrected chi connectivity index (χ3v) is 6.02. The van der Waals surface area contributed by atoms with E-state index in [9.17, 15) is 4.39 Å². The Balaban J connectivity index is 1.39. The van der Waals surface area contributed by atoms with Gasteiger partial charge in [-0.1, -0.05) is 93.8 Å². The molecule has 0 N–H and O–H groups in total. The summed E-state index contributed by atoms with van der Waals surface area (Å²) in [4.78, 5) is 4.60. The molecule has 0 radical (unpaired) electrons. The number of rotatable bonds is 15. The SMILES string of the molecule is CCCCCCCCCCCc1noc(-c2cccc(CCCc3ccccc3F)c2)n1. The second-order valence-electron chi connectivity index (χ2n) is 8.74. The lowest BCUT2D eigenvalue weighted by molar-refractivity contribution is 0.421. The molecule has 32 heavy (non-hydrogen) atoms. The van der Waals surface area contributed by atoms with Gasteiger partial charge in [0.2, 0.25) is 0 Å². The highest BCUT2D eigenvalue weighted by Gasteiger charge is 2.09. The van der Waals surface area contributed by atoms with Crippen LogP contribution in [-0.4, -0.2) is 10.1 Å². The lowest BCUT2D eigenvalue weighted by atomic mass is 10.0. The number of unbranched alkanes of at least 4 members (excludes halogenated alkanes) is 8. The molecule has 172 valence electrons. The van der Waals surface area contributed by atoms with Crippen molar-refractivity contribution in [1.82, 2.24) is 10.1 Å². The zero-order chi connectivity index (χ0) is 22.4. The van der Waals surface area contributed by atoms with Gasteiger partial charge in [0, 0.05) is 12.0 Å². The fraction of sp³-hybridized carbons (Fsp3) is 0.500. The van der Waals surface area contributed by atoms with Crippen LogP contribution in [0.25, 0.3) is 11.5 Å². The molecule has 1 heterocycles. The van der Waals surface area contributed by atoms with Gasteiger partial charge in [-0.25, -0.2) is 4.39 Å². The molecular weight excluding hydrogens is 399 g/mol. The van der Waals surface area contributed by atoms with Crippen molar-refractivity contribution >= 4 is 0 Å². The summed E-state index contributed by atoms with van der Waals surface area (Å²) in [5.41, 5.74) is 2.94. The Morgan fingerprint density at radius 2 is 1.50 bits per heavy atom. The van der Waals surface area contributed by atoms with Crippen LogP contribution in [0.4, 0.5) is 4.39 Å². The Morgan fingerprint density at radius 1 is 0.750 bits per heavy atom. The van der Waals surface area contributed by atoms with Crippen LogP contribution >= 0.6 is 0 Å². The van der Waals surface area contributed by atoms with Crippen LogP contribution in [0.3, 0.4) is 0 Å². The first-order valence-electron chi connectivity index (χ1n) is 12.4. The number of aryl methyl sites for hydroxylation is 3. The van der Waals surface area contributed by atoms with Crippen LogP contribution in [0, 0.1) is 5.82 Å². The van der Waals surface area contributed by atoms with E-state index >= 15 is 0 Å². The van der Waals surface area contributed by atoms with Gasteiger partial charge in [0.25, 0.3) is 5.89 Å². The van der Waals surface area contributed by atoms with E-state index in [1.165, 1.54) is 63.0 Å². The van der Waals surface area contributed by atoms with Gasteiger partial charge >= 0.3 is 0 Å². The zero-order valence-electron chi connectivity index (χ0n) is 19.5. The predicted octanol–water partition coefficient (Wildman–Crippen LogP) is 8.12. The third-order valence-electron chi connectivity index (χ3n) is 6.02. The maximum atomic E-state index is 13.8. The normalized spacial score (nSPS) is 11.2. The molecule has 2 aromatic carbocycles. The number of benzene rings is 2. The van der Waals surface area contributed by atoms with Gasteiger partial charge in [-0.2, -0.15) is 4.98 Å². The van der Waals surface area contributed by atoms with Crippen LogP contribution in [-0.2, 0) is 19.3 Å². The molecule has 0 amide bonds. The maximum absolute atomic E-state index is 13.8. The van der Waals surface area contributed by atoms with Crippen LogP contribution in [0.5, 0.6) is 0 Å². The van der Waals surface area contributed by atoms with E-state index in [1.807, 2.05) is 24.3 Å². The van der Waals surface area contributed by atoms with Crippen LogP contribution in [0.2, 0.25) is 0 Å². The molecule has 3 rings (SSSR count). The minimum atomic E-state index is -0.119. The Kier molecular flexibility index (Phi) is 10.4. The molecule has 0 bridgehead atoms. The van der Waals surface area contributed by atoms with E-state index in [4.69, 9.17) is 4.52 Å². The smallest absolute Gasteiger partial charge is 0.257 e. The van der Waals surface area contributed by atoms with E-state index in [0.717, 1.165) is 49.1 Å². The molecule has 3 nitrogen and oxygen atoms in total. The standard InChI is InChI=1S/C28H37FN2O/c1-2-3-4-5-6-7-8-9-10-21-27-30-28(32-31-27)25-19-14-16-23(22-25)15-13-18-24-17-11-12-20-26(24)29/h11-12,14,16-17,19-20,22H,2-10,13,15,18,21H2,1H3. The van der Waals surface area contributed by atoms with E-state index in [0.29, 0.717) is 5.89 Å². The molecule has 0 fully saturated rings. The monoisotopic (exact) mass is 436 g/mol. The molecule has 0 aliphatic rings. The molecule has 0 unspecified atom stereocenters. The largest absolute Gasteiger partial charge is 0.334 e. The highest BCUT2D eigenvalue weighted by atomic mass is 19.1. The molecule has 1 aromatic heterocycles. The van der Waals surface area contributed by atoms with Crippen molar-refractivity contribution < 1.29 is 8.91 Å². The fourth-order valence-electron chi connectivity index (χ4n) is 4.11. The summed E-state index contributed by atoms with van der Waals surface area (Å²) >= 11 is 0. The van der Waals surface area contributed by atoms with Crippen LogP contribution < -0.4 is 0 Å². The fourth-order valence-corrected chi connectivity index (χ4v) is 4.11. The number of hydrogen-bond acceptors (Lipinski definition) is 3. The van der Waals surface area contributed by atoms with Crippen molar-refractivity contribution in [3.8, 4) is 11.5 Å². The first-order valence-corrected chi connectivity index (χ1v) is 12.4. The van der Waals surface area contributed by atoms with Gasteiger partial charge in [-0.15, -0.1) is 0 Å². The Labute approximate surface area is 192 Å². The number of aromatic nitrogens is 2. The van der Waals surface area contributed by atoms with Gasteiger partial charge in [0.15, 0.2) is 5.82 Å². The van der Waals surface area contributed by atoms with Gasteiger partial charge in [0.05, 0.1) is 0 Å². The lowest BCUT2D eigenvalue weighted by Gasteiger charge is -2.04. The average molecular weight is 437 g/mol. The third kappa shape index (κ3) is 8.22. The predicted molar refractivity (Wildman–Crippen MR) is 129 cm³/mol. The molecule has 0 atom stereocenters. The van der Waals surface area contributed by atoms with Crippen molar-refractivity contribution in [1.29, 1.82) is 0 Å². The van der Waals surface area contributed by atoms with Gasteiger partial charge < -0.3 is 4.52 Å². The molecule has 0 spiro atoms. The molecule has 0 aliphatic heterocycles. The molecule has 0 aliphatic carbocycles. The quantitative estimate of drug-likeness (QED) is 0.226. The summed E-state index contributed by atoms with van der Waals surface area (Å²) in [5, 5.41) is 4.17. The highest BCUT2D eigenvalue weighted by Crippen LogP contribution is 2.21. The summed E-state index contributed by atoms with van der Waals surface area (Å²) in [6, 6.07) is 15.3. The van der Waals surface area contributed by atoms with Gasteiger partial charge in [-0.05, 0) is 55.0 Å². The summed E-state index contributed by atoms with van der Waals surface area (Å²) < 4.78 is 19.3. The second kappa shape index (κ2) is 13.8. The van der Waals surface area contributed by atoms with E-state index in [2.05, 4.69) is 29.2 Å². The molecular formula is C28H37FN2O. The van der Waals surface area contributed by atoms with E-state index < -0.39 is 0 Å². The van der Waals surface area contributed by atoms with Gasteiger partial charge in [-0.3, -0.25) is 0 Å². The second-order valence-corrected chi connectivity index (χ2v) is 8.74. The maximum Gasteiger partial charge on any atom is 0.257 e. The Hall–Kier alpha value is -2.49. The van der Waals surface area contributed by atoms with E-state index in [-0.39, 0.29) is 5.82 Å². The van der Waals surface area contributed by atoms with Gasteiger partial charge in [0.1, 0.15) is 5.82 Å². The van der Waals surface area contributed by atoms with Crippen molar-refractivity contribution in [2.45, 2.75) is 90.4 Å². The highest BCUT2D eigenvalue weighted by molar-refractivity contribution is 5.54. The average Bonchev–Trinajstić information content (AvgIpc) is 3.29. The van der Waals surface area contributed by atoms with Crippen molar-refractivity contribution in [2.24, 2.45) is 0 Å². The molecule has 3 aromatic rings. The number of nitrogens with zero attached hydrogens (tertiary/aromatic N) is 2. The molecule has 0 saturated carbocycles. The molecule has 0 saturated heterocycles. The topological polar surface area (TPSA) is 38.9 Å². The Bertz CT molecular complexity index is 921. The number of hydrogen-bond donors (Lipinski definition) is 0. The van der Waals surface area contributed by atoms with Crippen molar-refractivity contribution in [3.05, 3.63) is 71.3 Å².